The van der Waals surface area contributed by atoms with Gasteiger partial charge in [0.25, 0.3) is 5.91 Å². The van der Waals surface area contributed by atoms with E-state index in [-0.39, 0.29) is 18.7 Å². The molecule has 0 aliphatic heterocycles. The predicted molar refractivity (Wildman–Crippen MR) is 71.7 cm³/mol. The summed E-state index contributed by atoms with van der Waals surface area (Å²) in [4.78, 5) is 23.5. The largest absolute Gasteiger partial charge is 0.422 e. The lowest BCUT2D eigenvalue weighted by Gasteiger charge is -2.08. The van der Waals surface area contributed by atoms with Gasteiger partial charge in [-0.15, -0.1) is 0 Å². The fraction of sp³-hybridized carbons (Fsp3) is 0.286. The molecule has 2 aromatic rings. The number of nitrogens with one attached hydrogen (secondary N) is 1. The Morgan fingerprint density at radius 2 is 2.00 bits per heavy atom. The maximum absolute atomic E-state index is 11.8. The van der Waals surface area contributed by atoms with E-state index in [0.717, 1.165) is 0 Å². The molecule has 5 nitrogen and oxygen atoms in total. The van der Waals surface area contributed by atoms with Crippen molar-refractivity contribution in [3.8, 4) is 0 Å². The van der Waals surface area contributed by atoms with Gasteiger partial charge in [0.2, 0.25) is 0 Å². The molecule has 0 aliphatic carbocycles. The number of alkyl halides is 3. The zero-order chi connectivity index (χ0) is 16.2. The fourth-order valence-corrected chi connectivity index (χ4v) is 1.74. The fourth-order valence-electron chi connectivity index (χ4n) is 1.74. The molecular formula is C14H12F3NO4. The Kier molecular flexibility index (Phi) is 4.81. The van der Waals surface area contributed by atoms with Crippen molar-refractivity contribution >= 4 is 16.9 Å². The summed E-state index contributed by atoms with van der Waals surface area (Å²) in [5.74, 6) is -0.727. The normalized spacial score (nSPS) is 11.6. The van der Waals surface area contributed by atoms with E-state index in [2.05, 4.69) is 10.1 Å². The molecular weight excluding hydrogens is 303 g/mol. The third-order valence-corrected chi connectivity index (χ3v) is 2.68. The second-order valence-electron chi connectivity index (χ2n) is 4.41. The van der Waals surface area contributed by atoms with Crippen molar-refractivity contribution in [1.82, 2.24) is 5.32 Å². The molecule has 0 saturated heterocycles. The molecule has 1 aromatic heterocycles. The van der Waals surface area contributed by atoms with Crippen LogP contribution in [-0.4, -0.2) is 31.8 Å². The summed E-state index contributed by atoms with van der Waals surface area (Å²) >= 11 is 0. The molecule has 0 atom stereocenters. The van der Waals surface area contributed by atoms with Crippen LogP contribution in [0.4, 0.5) is 13.2 Å². The average Bonchev–Trinajstić information content (AvgIpc) is 2.44. The summed E-state index contributed by atoms with van der Waals surface area (Å²) in [5.41, 5.74) is -0.681. The topological polar surface area (TPSA) is 68.5 Å². The van der Waals surface area contributed by atoms with Gasteiger partial charge in [-0.1, -0.05) is 18.2 Å². The highest BCUT2D eigenvalue weighted by Gasteiger charge is 2.27. The van der Waals surface area contributed by atoms with Crippen molar-refractivity contribution in [3.63, 3.8) is 0 Å². The zero-order valence-corrected chi connectivity index (χ0v) is 11.3. The highest BCUT2D eigenvalue weighted by atomic mass is 19.4. The first kappa shape index (κ1) is 16.0. The summed E-state index contributed by atoms with van der Waals surface area (Å²) in [5, 5.41) is 2.87. The van der Waals surface area contributed by atoms with Gasteiger partial charge < -0.3 is 14.5 Å². The third-order valence-electron chi connectivity index (χ3n) is 2.68. The number of halogens is 3. The van der Waals surface area contributed by atoms with Crippen molar-refractivity contribution in [2.75, 3.05) is 19.8 Å². The first-order valence-corrected chi connectivity index (χ1v) is 6.32. The molecule has 0 fully saturated rings. The van der Waals surface area contributed by atoms with Crippen LogP contribution in [-0.2, 0) is 4.74 Å². The summed E-state index contributed by atoms with van der Waals surface area (Å²) in [7, 11) is 0. The number of carbonyl (C=O) groups excluding carboxylic acids is 1. The van der Waals surface area contributed by atoms with Gasteiger partial charge in [0, 0.05) is 11.9 Å². The minimum Gasteiger partial charge on any atom is -0.422 e. The highest BCUT2D eigenvalue weighted by molar-refractivity contribution is 5.96. The van der Waals surface area contributed by atoms with Crippen LogP contribution in [0.3, 0.4) is 0 Å². The lowest BCUT2D eigenvalue weighted by molar-refractivity contribution is -0.173. The van der Waals surface area contributed by atoms with Crippen LogP contribution in [0.15, 0.2) is 39.5 Å². The number of amides is 1. The average molecular weight is 315 g/mol. The number of ether oxygens (including phenoxy) is 1. The van der Waals surface area contributed by atoms with Gasteiger partial charge in [-0.2, -0.15) is 13.2 Å². The second kappa shape index (κ2) is 6.61. The standard InChI is InChI=1S/C14H12F3NO4/c15-14(16,17)8-21-6-5-18-12(19)10-7-9-3-1-2-4-11(9)22-13(10)20/h1-4,7H,5-6,8H2,(H,18,19). The number of benzene rings is 1. The van der Waals surface area contributed by atoms with Crippen LogP contribution in [0, 0.1) is 0 Å². The molecule has 1 amide bonds. The molecule has 0 saturated carbocycles. The lowest BCUT2D eigenvalue weighted by Crippen LogP contribution is -2.31. The summed E-state index contributed by atoms with van der Waals surface area (Å²) in [6, 6.07) is 8.02. The molecule has 118 valence electrons. The maximum atomic E-state index is 11.8. The van der Waals surface area contributed by atoms with Crippen molar-refractivity contribution in [3.05, 3.63) is 46.3 Å². The third kappa shape index (κ3) is 4.32. The monoisotopic (exact) mass is 315 g/mol. The number of rotatable bonds is 5. The van der Waals surface area contributed by atoms with E-state index < -0.39 is 24.3 Å². The molecule has 0 aliphatic rings. The van der Waals surface area contributed by atoms with Gasteiger partial charge in [-0.25, -0.2) is 4.79 Å². The Balaban J connectivity index is 1.95. The molecule has 8 heteroatoms. The molecule has 0 spiro atoms. The Morgan fingerprint density at radius 3 is 2.73 bits per heavy atom. The highest BCUT2D eigenvalue weighted by Crippen LogP contribution is 2.14. The quantitative estimate of drug-likeness (QED) is 0.678. The number of carbonyl (C=O) groups is 1. The van der Waals surface area contributed by atoms with Crippen LogP contribution in [0.2, 0.25) is 0 Å². The van der Waals surface area contributed by atoms with Crippen LogP contribution in [0.25, 0.3) is 11.0 Å². The zero-order valence-electron chi connectivity index (χ0n) is 11.3. The summed E-state index contributed by atoms with van der Waals surface area (Å²) < 4.78 is 44.9. The van der Waals surface area contributed by atoms with Crippen molar-refractivity contribution in [2.24, 2.45) is 0 Å². The van der Waals surface area contributed by atoms with Crippen molar-refractivity contribution in [2.45, 2.75) is 6.18 Å². The van der Waals surface area contributed by atoms with Gasteiger partial charge >= 0.3 is 11.8 Å². The Morgan fingerprint density at radius 1 is 1.27 bits per heavy atom. The van der Waals surface area contributed by atoms with Gasteiger partial charge in [0.15, 0.2) is 0 Å². The van der Waals surface area contributed by atoms with E-state index in [4.69, 9.17) is 4.42 Å². The number of hydrogen-bond acceptors (Lipinski definition) is 4. The smallest absolute Gasteiger partial charge is 0.411 e. The molecule has 2 rings (SSSR count). The first-order valence-electron chi connectivity index (χ1n) is 6.32. The van der Waals surface area contributed by atoms with Gasteiger partial charge in [0.1, 0.15) is 17.8 Å². The maximum Gasteiger partial charge on any atom is 0.411 e. The summed E-state index contributed by atoms with van der Waals surface area (Å²) in [6.07, 6.45) is -4.41. The van der Waals surface area contributed by atoms with Crippen LogP contribution in [0.1, 0.15) is 10.4 Å². The minimum atomic E-state index is -4.41. The second-order valence-corrected chi connectivity index (χ2v) is 4.41. The van der Waals surface area contributed by atoms with E-state index in [0.29, 0.717) is 11.0 Å². The van der Waals surface area contributed by atoms with Crippen LogP contribution >= 0.6 is 0 Å². The van der Waals surface area contributed by atoms with Crippen LogP contribution in [0.5, 0.6) is 0 Å². The van der Waals surface area contributed by atoms with E-state index >= 15 is 0 Å². The Hall–Kier alpha value is -2.35. The molecule has 1 aromatic carbocycles. The van der Waals surface area contributed by atoms with Gasteiger partial charge in [-0.3, -0.25) is 4.79 Å². The Bertz CT molecular complexity index is 724. The van der Waals surface area contributed by atoms with E-state index in [1.54, 1.807) is 24.3 Å². The molecule has 0 unspecified atom stereocenters. The van der Waals surface area contributed by atoms with Gasteiger partial charge in [-0.05, 0) is 12.1 Å². The van der Waals surface area contributed by atoms with Crippen molar-refractivity contribution < 1.29 is 27.1 Å². The molecule has 22 heavy (non-hydrogen) atoms. The molecule has 0 radical (unpaired) electrons. The van der Waals surface area contributed by atoms with E-state index in [9.17, 15) is 22.8 Å². The number of hydrogen-bond donors (Lipinski definition) is 1. The van der Waals surface area contributed by atoms with E-state index in [1.165, 1.54) is 6.07 Å². The van der Waals surface area contributed by atoms with Crippen molar-refractivity contribution in [1.29, 1.82) is 0 Å². The molecule has 1 heterocycles. The van der Waals surface area contributed by atoms with Crippen LogP contribution < -0.4 is 10.9 Å². The SMILES string of the molecule is O=C(NCCOCC(F)(F)F)c1cc2ccccc2oc1=O. The minimum absolute atomic E-state index is 0.152. The number of para-hydroxylation sites is 1. The molecule has 0 bridgehead atoms. The Labute approximate surface area is 122 Å². The lowest BCUT2D eigenvalue weighted by atomic mass is 10.2. The summed E-state index contributed by atoms with van der Waals surface area (Å²) in [6.45, 7) is -1.85. The predicted octanol–water partition coefficient (Wildman–Crippen LogP) is 2.10. The van der Waals surface area contributed by atoms with E-state index in [1.807, 2.05) is 0 Å². The number of fused-ring (bicyclic) bond motifs is 1. The van der Waals surface area contributed by atoms with Gasteiger partial charge in [0.05, 0.1) is 6.61 Å². The molecule has 1 N–H and O–H groups in total. The first-order chi connectivity index (χ1) is 10.4.